The van der Waals surface area contributed by atoms with E-state index >= 15 is 0 Å². The Hall–Kier alpha value is -0.206. The Balaban J connectivity index is 0.00000225. The van der Waals surface area contributed by atoms with Crippen molar-refractivity contribution in [3.05, 3.63) is 49.2 Å². The Bertz CT molecular complexity index is 336. The molecule has 1 radical (unpaired) electrons. The second-order valence-corrected chi connectivity index (χ2v) is 3.66. The van der Waals surface area contributed by atoms with Gasteiger partial charge in [0.25, 0.3) is 0 Å². The number of carboxylic acids is 1. The van der Waals surface area contributed by atoms with E-state index in [1.54, 1.807) is 12.1 Å². The van der Waals surface area contributed by atoms with Gasteiger partial charge in [-0.15, -0.1) is 0 Å². The zero-order valence-corrected chi connectivity index (χ0v) is 12.2. The molecule has 0 aromatic heterocycles. The van der Waals surface area contributed by atoms with Gasteiger partial charge in [-0.3, -0.25) is 0 Å². The Morgan fingerprint density at radius 1 is 1.38 bits per heavy atom. The van der Waals surface area contributed by atoms with Gasteiger partial charge < -0.3 is 19.0 Å². The molecule has 0 spiro atoms. The summed E-state index contributed by atoms with van der Waals surface area (Å²) in [7, 11) is 0. The van der Waals surface area contributed by atoms with Crippen LogP contribution in [-0.4, -0.2) is 11.1 Å². The molecule has 85 valence electrons. The first-order chi connectivity index (χ1) is 7.15. The van der Waals surface area contributed by atoms with E-state index in [2.05, 4.69) is 13.8 Å². The second-order valence-electron chi connectivity index (χ2n) is 3.66. The van der Waals surface area contributed by atoms with Crippen molar-refractivity contribution >= 4 is 5.97 Å². The van der Waals surface area contributed by atoms with Gasteiger partial charge in [0.05, 0.1) is 5.56 Å². The first-order valence-electron chi connectivity index (χ1n) is 5.08. The van der Waals surface area contributed by atoms with Crippen molar-refractivity contribution in [2.45, 2.75) is 19.3 Å². The molecule has 0 amide bonds. The van der Waals surface area contributed by atoms with E-state index in [0.29, 0.717) is 11.5 Å². The summed E-state index contributed by atoms with van der Waals surface area (Å²) in [6.45, 7) is 7.71. The SMILES string of the molecule is [CH2-]CC([CH2-])CCc1ccccc1C(=O)O.[Y]. The zero-order valence-electron chi connectivity index (χ0n) is 9.36. The molecule has 0 saturated carbocycles. The van der Waals surface area contributed by atoms with Crippen LogP contribution < -0.4 is 0 Å². The third kappa shape index (κ3) is 4.75. The maximum atomic E-state index is 10.9. The van der Waals surface area contributed by atoms with Crippen LogP contribution in [0.1, 0.15) is 28.8 Å². The molecule has 1 aromatic carbocycles. The van der Waals surface area contributed by atoms with Crippen LogP contribution in [0, 0.1) is 19.8 Å². The van der Waals surface area contributed by atoms with Gasteiger partial charge in [-0.1, -0.05) is 24.6 Å². The van der Waals surface area contributed by atoms with E-state index in [1.807, 2.05) is 12.1 Å². The van der Waals surface area contributed by atoms with E-state index in [4.69, 9.17) is 5.11 Å². The van der Waals surface area contributed by atoms with E-state index in [0.717, 1.165) is 24.8 Å². The molecule has 16 heavy (non-hydrogen) atoms. The molecule has 0 bridgehead atoms. The summed E-state index contributed by atoms with van der Waals surface area (Å²) in [5.74, 6) is -0.562. The molecule has 1 N–H and O–H groups in total. The Kier molecular flexibility index (Phi) is 7.87. The molecule has 2 nitrogen and oxygen atoms in total. The van der Waals surface area contributed by atoms with Crippen LogP contribution in [-0.2, 0) is 39.1 Å². The molecule has 1 atom stereocenters. The molecule has 0 saturated heterocycles. The van der Waals surface area contributed by atoms with Crippen molar-refractivity contribution in [1.29, 1.82) is 0 Å². The van der Waals surface area contributed by atoms with Crippen molar-refractivity contribution < 1.29 is 42.6 Å². The monoisotopic (exact) mass is 293 g/mol. The van der Waals surface area contributed by atoms with Crippen molar-refractivity contribution in [2.24, 2.45) is 5.92 Å². The topological polar surface area (TPSA) is 37.3 Å². The summed E-state index contributed by atoms with van der Waals surface area (Å²) in [4.78, 5) is 10.9. The number of hydrogen-bond acceptors (Lipinski definition) is 1. The van der Waals surface area contributed by atoms with Gasteiger partial charge in [-0.25, -0.2) is 11.2 Å². The third-order valence-corrected chi connectivity index (χ3v) is 2.48. The summed E-state index contributed by atoms with van der Waals surface area (Å²) >= 11 is 0. The average molecular weight is 293 g/mol. The molecule has 0 fully saturated rings. The quantitative estimate of drug-likeness (QED) is 0.847. The number of carboxylic acid groups (broad SMARTS) is 1. The predicted octanol–water partition coefficient (Wildman–Crippen LogP) is 2.99. The van der Waals surface area contributed by atoms with Crippen molar-refractivity contribution in [1.82, 2.24) is 0 Å². The molecule has 0 aliphatic carbocycles. The minimum atomic E-state index is -0.860. The average Bonchev–Trinajstić information content (AvgIpc) is 2.26. The summed E-state index contributed by atoms with van der Waals surface area (Å²) < 4.78 is 0. The van der Waals surface area contributed by atoms with Gasteiger partial charge in [-0.05, 0) is 18.1 Å². The number of rotatable bonds is 5. The predicted molar refractivity (Wildman–Crippen MR) is 60.5 cm³/mol. The van der Waals surface area contributed by atoms with Gasteiger partial charge in [0.2, 0.25) is 0 Å². The molecule has 1 aromatic rings. The van der Waals surface area contributed by atoms with Crippen LogP contribution in [0.15, 0.2) is 24.3 Å². The number of benzene rings is 1. The van der Waals surface area contributed by atoms with Gasteiger partial charge in [0.15, 0.2) is 0 Å². The molecule has 0 aliphatic rings. The molecule has 0 heterocycles. The van der Waals surface area contributed by atoms with Crippen molar-refractivity contribution in [3.8, 4) is 0 Å². The van der Waals surface area contributed by atoms with Crippen LogP contribution in [0.3, 0.4) is 0 Å². The molecular weight excluding hydrogens is 277 g/mol. The standard InChI is InChI=1S/C13H16O2.Y/c1-3-10(2)8-9-11-6-4-5-7-12(11)13(14)15;/h4-7,10H,1-3,8-9H2,(H,14,15);/q-2;. The minimum Gasteiger partial charge on any atom is -0.478 e. The normalized spacial score (nSPS) is 11.6. The summed E-state index contributed by atoms with van der Waals surface area (Å²) in [5, 5.41) is 8.96. The van der Waals surface area contributed by atoms with Gasteiger partial charge >= 0.3 is 5.97 Å². The maximum Gasteiger partial charge on any atom is 0.335 e. The maximum absolute atomic E-state index is 10.9. The van der Waals surface area contributed by atoms with Crippen LogP contribution in [0.4, 0.5) is 0 Å². The fourth-order valence-corrected chi connectivity index (χ4v) is 1.45. The van der Waals surface area contributed by atoms with E-state index in [1.165, 1.54) is 0 Å². The fraction of sp³-hybridized carbons (Fsp3) is 0.308. The van der Waals surface area contributed by atoms with E-state index in [-0.39, 0.29) is 32.7 Å². The van der Waals surface area contributed by atoms with Crippen molar-refractivity contribution in [2.75, 3.05) is 0 Å². The second kappa shape index (κ2) is 7.97. The number of hydrogen-bond donors (Lipinski definition) is 1. The first-order valence-corrected chi connectivity index (χ1v) is 5.08. The van der Waals surface area contributed by atoms with Crippen LogP contribution >= 0.6 is 0 Å². The largest absolute Gasteiger partial charge is 0.478 e. The molecular formula is C13H16O2Y-2. The summed E-state index contributed by atoms with van der Waals surface area (Å²) in [6.07, 6.45) is 2.43. The first kappa shape index (κ1) is 15.8. The zero-order chi connectivity index (χ0) is 11.3. The van der Waals surface area contributed by atoms with E-state index in [9.17, 15) is 4.79 Å². The third-order valence-electron chi connectivity index (χ3n) is 2.48. The number of carbonyl (C=O) groups is 1. The molecule has 1 rings (SSSR count). The van der Waals surface area contributed by atoms with Gasteiger partial charge in [0.1, 0.15) is 0 Å². The van der Waals surface area contributed by atoms with E-state index < -0.39 is 5.97 Å². The molecule has 0 aliphatic heterocycles. The van der Waals surface area contributed by atoms with Crippen LogP contribution in [0.5, 0.6) is 0 Å². The minimum absolute atomic E-state index is 0. The van der Waals surface area contributed by atoms with Gasteiger partial charge in [-0.2, -0.15) is 5.92 Å². The Morgan fingerprint density at radius 3 is 2.56 bits per heavy atom. The smallest absolute Gasteiger partial charge is 0.335 e. The van der Waals surface area contributed by atoms with Crippen LogP contribution in [0.25, 0.3) is 0 Å². The number of aryl methyl sites for hydroxylation is 1. The number of aromatic carboxylic acids is 1. The molecule has 1 unspecified atom stereocenters. The summed E-state index contributed by atoms with van der Waals surface area (Å²) in [5.41, 5.74) is 1.28. The van der Waals surface area contributed by atoms with Crippen LogP contribution in [0.2, 0.25) is 0 Å². The molecule has 3 heteroatoms. The summed E-state index contributed by atoms with van der Waals surface area (Å²) in [6, 6.07) is 7.11. The Labute approximate surface area is 122 Å². The Morgan fingerprint density at radius 2 is 2.00 bits per heavy atom. The fourth-order valence-electron chi connectivity index (χ4n) is 1.45. The van der Waals surface area contributed by atoms with Crippen molar-refractivity contribution in [3.63, 3.8) is 0 Å². The van der Waals surface area contributed by atoms with Gasteiger partial charge in [0, 0.05) is 32.7 Å².